The minimum Gasteiger partial charge on any atom is -0.497 e. The Labute approximate surface area is 168 Å². The first-order chi connectivity index (χ1) is 13.1. The fourth-order valence-electron chi connectivity index (χ4n) is 2.23. The largest absolute Gasteiger partial charge is 0.497 e. The number of methoxy groups -OCH3 is 2. The van der Waals surface area contributed by atoms with Crippen molar-refractivity contribution >= 4 is 39.3 Å². The fourth-order valence-corrected chi connectivity index (χ4v) is 3.18. The molecule has 1 aromatic heterocycles. The molecule has 0 aliphatic carbocycles. The molecule has 1 N–H and O–H groups in total. The van der Waals surface area contributed by atoms with Crippen molar-refractivity contribution in [3.05, 3.63) is 46.9 Å². The van der Waals surface area contributed by atoms with Crippen LogP contribution >= 0.6 is 27.7 Å². The summed E-state index contributed by atoms with van der Waals surface area (Å²) in [4.78, 5) is 12.1. The number of anilines is 1. The van der Waals surface area contributed by atoms with Crippen molar-refractivity contribution in [2.24, 2.45) is 0 Å². The van der Waals surface area contributed by atoms with Crippen LogP contribution in [0.15, 0.2) is 56.6 Å². The Morgan fingerprint density at radius 3 is 2.74 bits per heavy atom. The zero-order valence-electron chi connectivity index (χ0n) is 14.6. The molecule has 0 aliphatic rings. The van der Waals surface area contributed by atoms with Crippen LogP contribution in [0.2, 0.25) is 0 Å². The molecule has 1 amide bonds. The summed E-state index contributed by atoms with van der Waals surface area (Å²) >= 11 is 4.55. The number of hydrogen-bond acceptors (Lipinski definition) is 7. The number of benzene rings is 2. The van der Waals surface area contributed by atoms with Gasteiger partial charge in [0.15, 0.2) is 0 Å². The van der Waals surface area contributed by atoms with E-state index < -0.39 is 0 Å². The van der Waals surface area contributed by atoms with E-state index in [1.165, 1.54) is 0 Å². The lowest BCUT2D eigenvalue weighted by Crippen LogP contribution is -2.14. The van der Waals surface area contributed by atoms with E-state index in [1.54, 1.807) is 32.4 Å². The number of nitrogens with zero attached hydrogens (tertiary/aromatic N) is 2. The van der Waals surface area contributed by atoms with Crippen molar-refractivity contribution in [3.8, 4) is 23.0 Å². The van der Waals surface area contributed by atoms with Crippen LogP contribution in [0, 0.1) is 0 Å². The van der Waals surface area contributed by atoms with Gasteiger partial charge in [0.25, 0.3) is 11.1 Å². The summed E-state index contributed by atoms with van der Waals surface area (Å²) < 4.78 is 17.0. The van der Waals surface area contributed by atoms with Gasteiger partial charge in [0.05, 0.1) is 31.2 Å². The third kappa shape index (κ3) is 4.81. The molecule has 0 radical (unpaired) electrons. The van der Waals surface area contributed by atoms with Gasteiger partial charge in [-0.3, -0.25) is 4.79 Å². The van der Waals surface area contributed by atoms with E-state index in [-0.39, 0.29) is 11.7 Å². The maximum Gasteiger partial charge on any atom is 0.277 e. The lowest BCUT2D eigenvalue weighted by Gasteiger charge is -2.07. The number of carbonyl (C=O) groups is 1. The predicted molar refractivity (Wildman–Crippen MR) is 106 cm³/mol. The number of amides is 1. The highest BCUT2D eigenvalue weighted by molar-refractivity contribution is 9.10. The second kappa shape index (κ2) is 8.92. The molecular weight excluding hydrogens is 434 g/mol. The van der Waals surface area contributed by atoms with E-state index in [4.69, 9.17) is 13.9 Å². The smallest absolute Gasteiger partial charge is 0.277 e. The number of thioether (sulfide) groups is 1. The van der Waals surface area contributed by atoms with Gasteiger partial charge in [0.2, 0.25) is 5.91 Å². The monoisotopic (exact) mass is 449 g/mol. The van der Waals surface area contributed by atoms with Crippen molar-refractivity contribution in [3.63, 3.8) is 0 Å². The van der Waals surface area contributed by atoms with Crippen LogP contribution in [-0.4, -0.2) is 36.1 Å². The topological polar surface area (TPSA) is 86.5 Å². The number of carbonyl (C=O) groups excluding carboxylic acids is 1. The van der Waals surface area contributed by atoms with Gasteiger partial charge in [0.1, 0.15) is 11.5 Å². The van der Waals surface area contributed by atoms with E-state index in [1.807, 2.05) is 24.3 Å². The highest BCUT2D eigenvalue weighted by Crippen LogP contribution is 2.33. The molecule has 7 nitrogen and oxygen atoms in total. The van der Waals surface area contributed by atoms with Crippen LogP contribution in [0.1, 0.15) is 0 Å². The van der Waals surface area contributed by atoms with Crippen LogP contribution in [0.3, 0.4) is 0 Å². The Morgan fingerprint density at radius 1 is 1.19 bits per heavy atom. The summed E-state index contributed by atoms with van der Waals surface area (Å²) in [6.45, 7) is 0. The highest BCUT2D eigenvalue weighted by atomic mass is 79.9. The van der Waals surface area contributed by atoms with Gasteiger partial charge in [-0.2, -0.15) is 0 Å². The van der Waals surface area contributed by atoms with Crippen LogP contribution in [0.4, 0.5) is 5.69 Å². The second-order valence-electron chi connectivity index (χ2n) is 5.26. The molecule has 0 atom stereocenters. The first-order valence-corrected chi connectivity index (χ1v) is 9.61. The molecule has 0 unspecified atom stereocenters. The summed E-state index contributed by atoms with van der Waals surface area (Å²) in [5.74, 6) is 1.49. The van der Waals surface area contributed by atoms with E-state index in [9.17, 15) is 4.79 Å². The van der Waals surface area contributed by atoms with E-state index >= 15 is 0 Å². The van der Waals surface area contributed by atoms with Crippen LogP contribution in [0.5, 0.6) is 11.5 Å². The van der Waals surface area contributed by atoms with E-state index in [0.29, 0.717) is 33.9 Å². The van der Waals surface area contributed by atoms with Gasteiger partial charge in [-0.15, -0.1) is 10.2 Å². The number of hydrogen-bond donors (Lipinski definition) is 1. The summed E-state index contributed by atoms with van der Waals surface area (Å²) in [7, 11) is 3.13. The van der Waals surface area contributed by atoms with Crippen molar-refractivity contribution in [1.82, 2.24) is 10.2 Å². The van der Waals surface area contributed by atoms with Crippen LogP contribution < -0.4 is 14.8 Å². The molecule has 0 bridgehead atoms. The fraction of sp³-hybridized carbons (Fsp3) is 0.167. The minimum atomic E-state index is -0.173. The second-order valence-corrected chi connectivity index (χ2v) is 7.04. The van der Waals surface area contributed by atoms with Crippen molar-refractivity contribution in [1.29, 1.82) is 0 Å². The van der Waals surface area contributed by atoms with Crippen LogP contribution in [0.25, 0.3) is 11.5 Å². The zero-order valence-corrected chi connectivity index (χ0v) is 17.0. The van der Waals surface area contributed by atoms with Gasteiger partial charge in [-0.05, 0) is 40.2 Å². The van der Waals surface area contributed by atoms with Crippen molar-refractivity contribution in [2.45, 2.75) is 5.22 Å². The Morgan fingerprint density at radius 2 is 2.00 bits per heavy atom. The molecule has 3 aromatic rings. The predicted octanol–water partition coefficient (Wildman–Crippen LogP) is 4.25. The van der Waals surface area contributed by atoms with Gasteiger partial charge < -0.3 is 19.2 Å². The average molecular weight is 450 g/mol. The third-order valence-corrected chi connectivity index (χ3v) is 5.03. The van der Waals surface area contributed by atoms with Crippen molar-refractivity contribution < 1.29 is 18.7 Å². The maximum absolute atomic E-state index is 12.1. The molecule has 9 heteroatoms. The third-order valence-electron chi connectivity index (χ3n) is 3.52. The van der Waals surface area contributed by atoms with E-state index in [2.05, 4.69) is 31.4 Å². The zero-order chi connectivity index (χ0) is 19.2. The van der Waals surface area contributed by atoms with Gasteiger partial charge in [0, 0.05) is 10.5 Å². The summed E-state index contributed by atoms with van der Waals surface area (Å²) in [6.07, 6.45) is 0. The number of aromatic nitrogens is 2. The molecule has 1 heterocycles. The Bertz CT molecular complexity index is 948. The summed E-state index contributed by atoms with van der Waals surface area (Å²) in [5.41, 5.74) is 1.35. The molecule has 0 spiro atoms. The lowest BCUT2D eigenvalue weighted by molar-refractivity contribution is -0.113. The number of rotatable bonds is 7. The van der Waals surface area contributed by atoms with Gasteiger partial charge in [-0.25, -0.2) is 0 Å². The molecule has 0 aliphatic heterocycles. The Kier molecular flexibility index (Phi) is 6.36. The standard InChI is InChI=1S/C18H16BrN3O4S/c1-24-11-7-8-12(15(9-11)25-2)17-21-22-18(26-17)27-10-16(23)20-14-6-4-3-5-13(14)19/h3-9H,10H2,1-2H3,(H,20,23). The molecule has 0 fully saturated rings. The van der Waals surface area contributed by atoms with Crippen LogP contribution in [-0.2, 0) is 4.79 Å². The molecular formula is C18H16BrN3O4S. The van der Waals surface area contributed by atoms with Gasteiger partial charge in [-0.1, -0.05) is 23.9 Å². The number of ether oxygens (including phenoxy) is 2. The lowest BCUT2D eigenvalue weighted by atomic mass is 10.2. The van der Waals surface area contributed by atoms with Gasteiger partial charge >= 0.3 is 0 Å². The maximum atomic E-state index is 12.1. The normalized spacial score (nSPS) is 10.5. The number of para-hydroxylation sites is 1. The first kappa shape index (κ1) is 19.2. The summed E-state index contributed by atoms with van der Waals surface area (Å²) in [6, 6.07) is 12.7. The molecule has 3 rings (SSSR count). The minimum absolute atomic E-state index is 0.142. The highest BCUT2D eigenvalue weighted by Gasteiger charge is 2.16. The average Bonchev–Trinajstić information content (AvgIpc) is 3.16. The SMILES string of the molecule is COc1ccc(-c2nnc(SCC(=O)Nc3ccccc3Br)o2)c(OC)c1. The summed E-state index contributed by atoms with van der Waals surface area (Å²) in [5, 5.41) is 11.1. The van der Waals surface area contributed by atoms with E-state index in [0.717, 1.165) is 16.2 Å². The molecule has 27 heavy (non-hydrogen) atoms. The quantitative estimate of drug-likeness (QED) is 0.539. The molecule has 0 saturated carbocycles. The Hall–Kier alpha value is -2.52. The molecule has 0 saturated heterocycles. The molecule has 2 aromatic carbocycles. The first-order valence-electron chi connectivity index (χ1n) is 7.84. The number of halogens is 1. The molecule has 140 valence electrons. The Balaban J connectivity index is 1.65. The van der Waals surface area contributed by atoms with Crippen molar-refractivity contribution in [2.75, 3.05) is 25.3 Å². The number of nitrogens with one attached hydrogen (secondary N) is 1.